The topological polar surface area (TPSA) is 46.9 Å². The first-order valence-corrected chi connectivity index (χ1v) is 7.69. The van der Waals surface area contributed by atoms with Gasteiger partial charge >= 0.3 is 0 Å². The van der Waals surface area contributed by atoms with Crippen LogP contribution in [0.1, 0.15) is 40.0 Å². The van der Waals surface area contributed by atoms with Crippen LogP contribution in [0.2, 0.25) is 0 Å². The summed E-state index contributed by atoms with van der Waals surface area (Å²) in [5, 5.41) is 3.29. The first kappa shape index (κ1) is 13.7. The van der Waals surface area contributed by atoms with E-state index in [2.05, 4.69) is 31.1 Å². The molecule has 2 aliphatic rings. The first-order valence-electron chi connectivity index (χ1n) is 7.69. The number of carbonyl (C=O) groups excluding carboxylic acids is 1. The molecule has 0 saturated heterocycles. The Balaban J connectivity index is 1.62. The third kappa shape index (κ3) is 2.89. The van der Waals surface area contributed by atoms with Gasteiger partial charge in [0.1, 0.15) is 0 Å². The van der Waals surface area contributed by atoms with Gasteiger partial charge in [-0.2, -0.15) is 0 Å². The number of rotatable bonds is 4. The van der Waals surface area contributed by atoms with Crippen LogP contribution in [0.5, 0.6) is 0 Å². The van der Waals surface area contributed by atoms with E-state index in [0.717, 1.165) is 31.2 Å². The van der Waals surface area contributed by atoms with Crippen molar-refractivity contribution in [2.45, 2.75) is 52.6 Å². The van der Waals surface area contributed by atoms with Crippen LogP contribution in [0.15, 0.2) is 18.7 Å². The van der Waals surface area contributed by atoms with Crippen molar-refractivity contribution in [3.05, 3.63) is 18.7 Å². The van der Waals surface area contributed by atoms with Crippen molar-refractivity contribution in [3.63, 3.8) is 0 Å². The van der Waals surface area contributed by atoms with Crippen molar-refractivity contribution in [1.29, 1.82) is 0 Å². The molecule has 1 N–H and O–H groups in total. The number of hydrogen-bond donors (Lipinski definition) is 1. The quantitative estimate of drug-likeness (QED) is 0.917. The minimum atomic E-state index is 0.0431. The van der Waals surface area contributed by atoms with Gasteiger partial charge in [0.15, 0.2) is 0 Å². The molecule has 2 saturated carbocycles. The molecule has 3 atom stereocenters. The minimum absolute atomic E-state index is 0.0431. The Labute approximate surface area is 121 Å². The number of fused-ring (bicyclic) bond motifs is 1. The highest BCUT2D eigenvalue weighted by molar-refractivity contribution is 5.79. The lowest BCUT2D eigenvalue weighted by molar-refractivity contribution is -0.126. The van der Waals surface area contributed by atoms with Crippen molar-refractivity contribution in [1.82, 2.24) is 14.9 Å². The van der Waals surface area contributed by atoms with Crippen LogP contribution in [0.25, 0.3) is 0 Å². The molecule has 2 aliphatic carbocycles. The fraction of sp³-hybridized carbons (Fsp3) is 0.750. The van der Waals surface area contributed by atoms with Crippen LogP contribution >= 0.6 is 0 Å². The molecule has 0 radical (unpaired) electrons. The van der Waals surface area contributed by atoms with E-state index in [-0.39, 0.29) is 23.3 Å². The zero-order valence-corrected chi connectivity index (χ0v) is 12.7. The Morgan fingerprint density at radius 1 is 1.35 bits per heavy atom. The highest BCUT2D eigenvalue weighted by Gasteiger charge is 2.48. The summed E-state index contributed by atoms with van der Waals surface area (Å²) in [6.45, 7) is 7.33. The molecule has 0 aromatic carbocycles. The molecular weight excluding hydrogens is 250 g/mol. The van der Waals surface area contributed by atoms with Crippen molar-refractivity contribution in [2.24, 2.45) is 23.2 Å². The van der Waals surface area contributed by atoms with Gasteiger partial charge in [-0.1, -0.05) is 20.8 Å². The SMILES string of the molecule is CC(C)(C)C(Cn1ccnc1)NC(=O)C1CC2CC2C1. The van der Waals surface area contributed by atoms with E-state index in [1.807, 2.05) is 17.1 Å². The lowest BCUT2D eigenvalue weighted by atomic mass is 9.86. The smallest absolute Gasteiger partial charge is 0.223 e. The number of imidazole rings is 1. The third-order valence-corrected chi connectivity index (χ3v) is 4.93. The number of nitrogens with zero attached hydrogens (tertiary/aromatic N) is 2. The molecule has 110 valence electrons. The molecule has 1 heterocycles. The maximum absolute atomic E-state index is 12.5. The van der Waals surface area contributed by atoms with E-state index in [0.29, 0.717) is 0 Å². The van der Waals surface area contributed by atoms with Crippen LogP contribution in [0, 0.1) is 23.2 Å². The number of carbonyl (C=O) groups is 1. The van der Waals surface area contributed by atoms with Gasteiger partial charge in [0.05, 0.1) is 12.4 Å². The van der Waals surface area contributed by atoms with Gasteiger partial charge in [-0.3, -0.25) is 4.79 Å². The number of amides is 1. The molecule has 1 aromatic heterocycles. The molecule has 3 rings (SSSR count). The Kier molecular flexibility index (Phi) is 3.35. The second kappa shape index (κ2) is 4.90. The predicted octanol–water partition coefficient (Wildman–Crippen LogP) is 2.46. The number of nitrogens with one attached hydrogen (secondary N) is 1. The van der Waals surface area contributed by atoms with Crippen LogP contribution in [0.3, 0.4) is 0 Å². The van der Waals surface area contributed by atoms with Crippen LogP contribution in [0.4, 0.5) is 0 Å². The van der Waals surface area contributed by atoms with Gasteiger partial charge in [-0.25, -0.2) is 4.98 Å². The first-order chi connectivity index (χ1) is 9.43. The van der Waals surface area contributed by atoms with Crippen LogP contribution in [-0.4, -0.2) is 21.5 Å². The van der Waals surface area contributed by atoms with E-state index < -0.39 is 0 Å². The fourth-order valence-corrected chi connectivity index (χ4v) is 3.36. The summed E-state index contributed by atoms with van der Waals surface area (Å²) in [7, 11) is 0. The second-order valence-electron chi connectivity index (χ2n) is 7.61. The average molecular weight is 275 g/mol. The summed E-state index contributed by atoms with van der Waals surface area (Å²) in [6.07, 6.45) is 9.13. The standard InChI is InChI=1S/C16H25N3O/c1-16(2,3)14(9-19-5-4-17-10-19)18-15(20)13-7-11-6-12(11)8-13/h4-5,10-14H,6-9H2,1-3H3,(H,18,20). The summed E-state index contributed by atoms with van der Waals surface area (Å²) in [4.78, 5) is 16.5. The van der Waals surface area contributed by atoms with E-state index in [1.54, 1.807) is 6.20 Å². The van der Waals surface area contributed by atoms with Gasteiger partial charge in [0.25, 0.3) is 0 Å². The largest absolute Gasteiger partial charge is 0.351 e. The Bertz CT molecular complexity index is 464. The molecule has 4 nitrogen and oxygen atoms in total. The highest BCUT2D eigenvalue weighted by atomic mass is 16.2. The second-order valence-corrected chi connectivity index (χ2v) is 7.61. The average Bonchev–Trinajstić information content (AvgIpc) is 2.82. The van der Waals surface area contributed by atoms with Crippen molar-refractivity contribution < 1.29 is 4.79 Å². The monoisotopic (exact) mass is 275 g/mol. The fourth-order valence-electron chi connectivity index (χ4n) is 3.36. The zero-order valence-electron chi connectivity index (χ0n) is 12.7. The molecule has 20 heavy (non-hydrogen) atoms. The molecule has 0 spiro atoms. The molecule has 3 unspecified atom stereocenters. The maximum atomic E-state index is 12.5. The minimum Gasteiger partial charge on any atom is -0.351 e. The lowest BCUT2D eigenvalue weighted by Gasteiger charge is -2.32. The van der Waals surface area contributed by atoms with Crippen molar-refractivity contribution >= 4 is 5.91 Å². The molecule has 0 aliphatic heterocycles. The van der Waals surface area contributed by atoms with Gasteiger partial charge < -0.3 is 9.88 Å². The molecule has 1 amide bonds. The summed E-state index contributed by atoms with van der Waals surface area (Å²) < 4.78 is 2.04. The molecule has 4 heteroatoms. The zero-order chi connectivity index (χ0) is 14.3. The molecule has 0 bridgehead atoms. The van der Waals surface area contributed by atoms with E-state index in [4.69, 9.17) is 0 Å². The van der Waals surface area contributed by atoms with E-state index in [1.165, 1.54) is 6.42 Å². The predicted molar refractivity (Wildman–Crippen MR) is 77.9 cm³/mol. The summed E-state index contributed by atoms with van der Waals surface area (Å²) in [5.74, 6) is 2.23. The number of hydrogen-bond acceptors (Lipinski definition) is 2. The van der Waals surface area contributed by atoms with Crippen molar-refractivity contribution in [3.8, 4) is 0 Å². The molecular formula is C16H25N3O. The number of aromatic nitrogens is 2. The lowest BCUT2D eigenvalue weighted by Crippen LogP contribution is -2.48. The normalized spacial score (nSPS) is 29.9. The Morgan fingerprint density at radius 3 is 2.60 bits per heavy atom. The van der Waals surface area contributed by atoms with Crippen LogP contribution in [-0.2, 0) is 11.3 Å². The van der Waals surface area contributed by atoms with Crippen molar-refractivity contribution in [2.75, 3.05) is 0 Å². The summed E-state index contributed by atoms with van der Waals surface area (Å²) in [5.41, 5.74) is 0.0431. The van der Waals surface area contributed by atoms with Gasteiger partial charge in [0, 0.05) is 24.9 Å². The third-order valence-electron chi connectivity index (χ3n) is 4.93. The molecule has 2 fully saturated rings. The molecule has 1 aromatic rings. The maximum Gasteiger partial charge on any atom is 0.223 e. The highest BCUT2D eigenvalue weighted by Crippen LogP contribution is 2.54. The van der Waals surface area contributed by atoms with E-state index >= 15 is 0 Å². The Hall–Kier alpha value is -1.32. The van der Waals surface area contributed by atoms with Gasteiger partial charge in [-0.15, -0.1) is 0 Å². The van der Waals surface area contributed by atoms with Gasteiger partial charge in [-0.05, 0) is 36.5 Å². The summed E-state index contributed by atoms with van der Waals surface area (Å²) >= 11 is 0. The summed E-state index contributed by atoms with van der Waals surface area (Å²) in [6, 6.07) is 0.140. The van der Waals surface area contributed by atoms with Crippen LogP contribution < -0.4 is 5.32 Å². The Morgan fingerprint density at radius 2 is 2.05 bits per heavy atom. The van der Waals surface area contributed by atoms with E-state index in [9.17, 15) is 4.79 Å². The van der Waals surface area contributed by atoms with Gasteiger partial charge in [0.2, 0.25) is 5.91 Å².